The van der Waals surface area contributed by atoms with E-state index in [4.69, 9.17) is 4.43 Å². The number of ketones is 3. The molecule has 0 aromatic rings. The molecule has 5 heteroatoms. The van der Waals surface area contributed by atoms with Gasteiger partial charge in [0.1, 0.15) is 11.6 Å². The summed E-state index contributed by atoms with van der Waals surface area (Å²) in [5.41, 5.74) is -0.593. The molecule has 0 spiro atoms. The normalized spacial score (nSPS) is 41.5. The molecule has 0 amide bonds. The van der Waals surface area contributed by atoms with Crippen molar-refractivity contribution < 1.29 is 18.8 Å². The summed E-state index contributed by atoms with van der Waals surface area (Å²) < 4.78 is 6.77. The maximum Gasteiger partial charge on any atom is 0.192 e. The third-order valence-corrected chi connectivity index (χ3v) is 14.3. The predicted molar refractivity (Wildman–Crippen MR) is 120 cm³/mol. The van der Waals surface area contributed by atoms with Crippen LogP contribution in [0.1, 0.15) is 66.2 Å². The van der Waals surface area contributed by atoms with E-state index in [1.165, 1.54) is 0 Å². The third kappa shape index (κ3) is 3.14. The lowest BCUT2D eigenvalue weighted by Crippen LogP contribution is -2.60. The second-order valence-corrected chi connectivity index (χ2v) is 17.0. The van der Waals surface area contributed by atoms with Gasteiger partial charge in [-0.3, -0.25) is 14.4 Å². The summed E-state index contributed by atoms with van der Waals surface area (Å²) in [4.78, 5) is 38.4. The van der Waals surface area contributed by atoms with Crippen LogP contribution in [0.2, 0.25) is 18.1 Å². The average molecular weight is 431 g/mol. The minimum absolute atomic E-state index is 0.105. The number of hydrogen-bond donors (Lipinski definition) is 0. The second kappa shape index (κ2) is 6.96. The van der Waals surface area contributed by atoms with Crippen molar-refractivity contribution in [2.75, 3.05) is 6.61 Å². The largest absolute Gasteiger partial charge is 0.416 e. The monoisotopic (exact) mass is 430 g/mol. The van der Waals surface area contributed by atoms with Gasteiger partial charge in [-0.1, -0.05) is 33.8 Å². The van der Waals surface area contributed by atoms with Crippen LogP contribution in [0.5, 0.6) is 0 Å². The molecule has 0 saturated heterocycles. The van der Waals surface area contributed by atoms with E-state index in [-0.39, 0.29) is 51.0 Å². The Morgan fingerprint density at radius 1 is 1.13 bits per heavy atom. The van der Waals surface area contributed by atoms with Crippen LogP contribution in [-0.4, -0.2) is 32.3 Å². The molecule has 0 bridgehead atoms. The zero-order chi connectivity index (χ0) is 22.1. The van der Waals surface area contributed by atoms with Crippen molar-refractivity contribution in [1.29, 1.82) is 0 Å². The highest BCUT2D eigenvalue weighted by Gasteiger charge is 2.63. The van der Waals surface area contributed by atoms with E-state index in [0.717, 1.165) is 19.3 Å². The maximum atomic E-state index is 13.4. The number of hydrogen-bond acceptors (Lipinski definition) is 4. The number of fused-ring (bicyclic) bond motifs is 5. The summed E-state index contributed by atoms with van der Waals surface area (Å²) in [6.45, 7) is 14.0. The van der Waals surface area contributed by atoms with E-state index in [2.05, 4.69) is 46.9 Å². The molecular weight excluding hydrogens is 392 g/mol. The number of carbonyl (C=O) groups excluding carboxylic acids is 3. The van der Waals surface area contributed by atoms with Gasteiger partial charge in [-0.05, 0) is 61.2 Å². The molecule has 0 radical (unpaired) electrons. The van der Waals surface area contributed by atoms with Gasteiger partial charge in [-0.2, -0.15) is 0 Å². The van der Waals surface area contributed by atoms with E-state index in [9.17, 15) is 14.4 Å². The smallest absolute Gasteiger partial charge is 0.192 e. The number of carbonyl (C=O) groups is 3. The molecule has 3 saturated carbocycles. The Labute approximate surface area is 182 Å². The van der Waals surface area contributed by atoms with Gasteiger partial charge in [0.15, 0.2) is 14.1 Å². The Morgan fingerprint density at radius 2 is 1.83 bits per heavy atom. The quantitative estimate of drug-likeness (QED) is 0.583. The minimum Gasteiger partial charge on any atom is -0.416 e. The van der Waals surface area contributed by atoms with E-state index in [1.807, 2.05) is 0 Å². The Hall–Kier alpha value is -1.07. The number of Topliss-reactive ketones (excluding diaryl/α,β-unsaturated/α-hetero) is 2. The summed E-state index contributed by atoms with van der Waals surface area (Å²) >= 11 is 0. The van der Waals surface area contributed by atoms with E-state index >= 15 is 0 Å². The van der Waals surface area contributed by atoms with Crippen LogP contribution in [0.4, 0.5) is 0 Å². The molecule has 4 aliphatic carbocycles. The highest BCUT2D eigenvalue weighted by molar-refractivity contribution is 6.74. The lowest BCUT2D eigenvalue weighted by atomic mass is 9.44. The van der Waals surface area contributed by atoms with Gasteiger partial charge in [0.2, 0.25) is 0 Å². The zero-order valence-corrected chi connectivity index (χ0v) is 20.5. The molecular formula is C25H38O4Si. The summed E-state index contributed by atoms with van der Waals surface area (Å²) in [5.74, 6) is 1.20. The Morgan fingerprint density at radius 3 is 2.50 bits per heavy atom. The van der Waals surface area contributed by atoms with Crippen molar-refractivity contribution in [3.05, 3.63) is 12.2 Å². The van der Waals surface area contributed by atoms with E-state index in [1.54, 1.807) is 6.08 Å². The predicted octanol–water partition coefficient (Wildman–Crippen LogP) is 5.12. The summed E-state index contributed by atoms with van der Waals surface area (Å²) in [7, 11) is -1.98. The summed E-state index contributed by atoms with van der Waals surface area (Å²) in [5, 5.41) is 0.105. The summed E-state index contributed by atoms with van der Waals surface area (Å²) in [6, 6.07) is 0. The molecule has 4 rings (SSSR count). The Balaban J connectivity index is 1.71. The van der Waals surface area contributed by atoms with Gasteiger partial charge in [-0.25, -0.2) is 0 Å². The molecule has 3 unspecified atom stereocenters. The van der Waals surface area contributed by atoms with Crippen LogP contribution in [0.3, 0.4) is 0 Å². The Bertz CT molecular complexity index is 806. The number of rotatable bonds is 3. The molecule has 0 N–H and O–H groups in total. The molecule has 4 nitrogen and oxygen atoms in total. The van der Waals surface area contributed by atoms with Gasteiger partial charge in [0, 0.05) is 42.6 Å². The topological polar surface area (TPSA) is 60.4 Å². The first-order valence-electron chi connectivity index (χ1n) is 11.7. The molecule has 0 aliphatic heterocycles. The van der Waals surface area contributed by atoms with Gasteiger partial charge in [0.05, 0.1) is 0 Å². The fourth-order valence-corrected chi connectivity index (χ4v) is 7.77. The lowest BCUT2D eigenvalue weighted by molar-refractivity contribution is -0.165. The van der Waals surface area contributed by atoms with E-state index in [0.29, 0.717) is 31.8 Å². The van der Waals surface area contributed by atoms with Crippen LogP contribution in [0.15, 0.2) is 12.2 Å². The van der Waals surface area contributed by atoms with Crippen molar-refractivity contribution in [3.8, 4) is 0 Å². The second-order valence-electron chi connectivity index (χ2n) is 12.2. The molecule has 0 heterocycles. The van der Waals surface area contributed by atoms with Gasteiger partial charge < -0.3 is 4.43 Å². The zero-order valence-electron chi connectivity index (χ0n) is 19.5. The van der Waals surface area contributed by atoms with Gasteiger partial charge in [0.25, 0.3) is 0 Å². The first-order chi connectivity index (χ1) is 13.8. The molecule has 3 fully saturated rings. The van der Waals surface area contributed by atoms with Crippen LogP contribution < -0.4 is 0 Å². The lowest BCUT2D eigenvalue weighted by Gasteiger charge is -2.59. The van der Waals surface area contributed by atoms with Gasteiger partial charge >= 0.3 is 0 Å². The molecule has 4 aliphatic rings. The maximum absolute atomic E-state index is 13.4. The van der Waals surface area contributed by atoms with Crippen molar-refractivity contribution in [3.63, 3.8) is 0 Å². The average Bonchev–Trinajstić information content (AvgIpc) is 2.95. The highest BCUT2D eigenvalue weighted by Crippen LogP contribution is 2.63. The molecule has 166 valence electrons. The number of allylic oxidation sites excluding steroid dienone is 2. The van der Waals surface area contributed by atoms with Crippen molar-refractivity contribution >= 4 is 25.7 Å². The van der Waals surface area contributed by atoms with Crippen LogP contribution in [0.25, 0.3) is 0 Å². The molecule has 6 atom stereocenters. The van der Waals surface area contributed by atoms with Gasteiger partial charge in [-0.15, -0.1) is 0 Å². The first-order valence-corrected chi connectivity index (χ1v) is 14.6. The first kappa shape index (κ1) is 22.1. The Kier molecular flexibility index (Phi) is 5.14. The van der Waals surface area contributed by atoms with Crippen LogP contribution >= 0.6 is 0 Å². The highest BCUT2D eigenvalue weighted by atomic mass is 28.4. The van der Waals surface area contributed by atoms with Crippen LogP contribution in [-0.2, 0) is 18.8 Å². The molecule has 0 aromatic heterocycles. The van der Waals surface area contributed by atoms with Crippen molar-refractivity contribution in [2.24, 2.45) is 34.5 Å². The summed E-state index contributed by atoms with van der Waals surface area (Å²) in [6.07, 6.45) is 7.91. The standard InChI is InChI=1S/C25H38O4Si/c1-23(2,3)30(5,6)29-15-25-12-9-16(26)13-20(25)21(27)14-17-18-7-8-22(28)24(18,4)11-10-19(17)25/h7-8,17-20H,9-15H2,1-6H3/t17?,18?,19?,20-,24+,25+/m1/s1. The van der Waals surface area contributed by atoms with Crippen molar-refractivity contribution in [2.45, 2.75) is 84.4 Å². The molecule has 0 aromatic carbocycles. The third-order valence-electron chi connectivity index (χ3n) is 9.77. The van der Waals surface area contributed by atoms with E-state index < -0.39 is 8.32 Å². The van der Waals surface area contributed by atoms with Crippen LogP contribution in [0, 0.1) is 34.5 Å². The van der Waals surface area contributed by atoms with Crippen molar-refractivity contribution in [1.82, 2.24) is 0 Å². The minimum atomic E-state index is -1.98. The SMILES string of the molecule is CC(C)(C)[Si](C)(C)OC[C@]12CCC(=O)C[C@@H]1C(=O)CC1C2CC[C@]2(C)C(=O)C=CC12. The molecule has 30 heavy (non-hydrogen) atoms. The fourth-order valence-electron chi connectivity index (χ4n) is 6.71. The fraction of sp³-hybridized carbons (Fsp3) is 0.800.